The summed E-state index contributed by atoms with van der Waals surface area (Å²) in [6.45, 7) is 16.6. The van der Waals surface area contributed by atoms with E-state index in [2.05, 4.69) is 63.3 Å². The molecule has 0 amide bonds. The second-order valence-electron chi connectivity index (χ2n) is 11.7. The zero-order valence-corrected chi connectivity index (χ0v) is 18.3. The van der Waals surface area contributed by atoms with Crippen molar-refractivity contribution < 1.29 is 0 Å². The van der Waals surface area contributed by atoms with Gasteiger partial charge >= 0.3 is 0 Å². The molecule has 4 heteroatoms. The van der Waals surface area contributed by atoms with Crippen LogP contribution in [0.15, 0.2) is 12.4 Å². The molecule has 4 bridgehead atoms. The molecule has 6 rings (SSSR count). The summed E-state index contributed by atoms with van der Waals surface area (Å²) in [5, 5.41) is 9.92. The van der Waals surface area contributed by atoms with E-state index < -0.39 is 0 Å². The summed E-state index contributed by atoms with van der Waals surface area (Å²) in [7, 11) is 0. The van der Waals surface area contributed by atoms with E-state index in [9.17, 15) is 0 Å². The minimum absolute atomic E-state index is 0.253. The standard InChI is InChI=1S/C24H34N4/c1-21(2)16-7-10-24(21,6)20-15(16)14-27(26-20)11-12-28-19-17-8-9-23(5,22(17,3)4)18(19)13-25-28/h13-14,16-17H,7-12H2,1-6H3/t16-,17+,23-,24+/m0/s1. The summed E-state index contributed by atoms with van der Waals surface area (Å²) in [5.74, 6) is 1.35. The Morgan fingerprint density at radius 1 is 0.929 bits per heavy atom. The fourth-order valence-corrected chi connectivity index (χ4v) is 7.73. The smallest absolute Gasteiger partial charge is 0.0724 e. The Morgan fingerprint density at radius 2 is 1.61 bits per heavy atom. The Bertz CT molecular complexity index is 992. The maximum absolute atomic E-state index is 5.10. The molecule has 0 N–H and O–H groups in total. The molecule has 0 aromatic carbocycles. The first-order valence-corrected chi connectivity index (χ1v) is 11.3. The average molecular weight is 379 g/mol. The number of rotatable bonds is 3. The lowest BCUT2D eigenvalue weighted by Crippen LogP contribution is -2.32. The van der Waals surface area contributed by atoms with Crippen molar-refractivity contribution in [3.8, 4) is 0 Å². The number of hydrogen-bond acceptors (Lipinski definition) is 2. The third-order valence-electron chi connectivity index (χ3n) is 10.5. The van der Waals surface area contributed by atoms with Gasteiger partial charge in [-0.15, -0.1) is 0 Å². The summed E-state index contributed by atoms with van der Waals surface area (Å²) in [6, 6.07) is 0. The van der Waals surface area contributed by atoms with Crippen molar-refractivity contribution in [2.45, 2.75) is 103 Å². The highest BCUT2D eigenvalue weighted by atomic mass is 15.3. The van der Waals surface area contributed by atoms with Crippen LogP contribution in [0.5, 0.6) is 0 Å². The van der Waals surface area contributed by atoms with Crippen LogP contribution in [-0.2, 0) is 23.9 Å². The number of nitrogens with zero attached hydrogens (tertiary/aromatic N) is 4. The highest BCUT2D eigenvalue weighted by Gasteiger charge is 2.62. The van der Waals surface area contributed by atoms with E-state index >= 15 is 0 Å². The molecule has 28 heavy (non-hydrogen) atoms. The quantitative estimate of drug-likeness (QED) is 0.742. The third kappa shape index (κ3) is 1.64. The molecule has 0 saturated heterocycles. The molecule has 0 radical (unpaired) electrons. The number of aromatic nitrogens is 4. The van der Waals surface area contributed by atoms with Crippen LogP contribution in [0.1, 0.15) is 102 Å². The van der Waals surface area contributed by atoms with Crippen LogP contribution >= 0.6 is 0 Å². The molecule has 2 aromatic heterocycles. The molecule has 4 atom stereocenters. The Labute approximate surface area is 168 Å². The topological polar surface area (TPSA) is 35.6 Å². The van der Waals surface area contributed by atoms with Crippen LogP contribution in [0.4, 0.5) is 0 Å². The van der Waals surface area contributed by atoms with E-state index in [0.717, 1.165) is 13.1 Å². The van der Waals surface area contributed by atoms with Crippen molar-refractivity contribution >= 4 is 0 Å². The fourth-order valence-electron chi connectivity index (χ4n) is 7.73. The Balaban J connectivity index is 1.28. The largest absolute Gasteiger partial charge is 0.270 e. The molecule has 2 heterocycles. The van der Waals surface area contributed by atoms with Crippen molar-refractivity contribution in [2.75, 3.05) is 0 Å². The van der Waals surface area contributed by atoms with Crippen molar-refractivity contribution in [2.24, 2.45) is 10.8 Å². The first kappa shape index (κ1) is 17.3. The minimum atomic E-state index is 0.253. The maximum Gasteiger partial charge on any atom is 0.0724 e. The van der Waals surface area contributed by atoms with E-state index in [1.807, 2.05) is 0 Å². The Hall–Kier alpha value is -1.58. The highest BCUT2D eigenvalue weighted by molar-refractivity contribution is 5.45. The van der Waals surface area contributed by atoms with Gasteiger partial charge in [-0.05, 0) is 48.0 Å². The van der Waals surface area contributed by atoms with E-state index in [1.54, 1.807) is 0 Å². The molecule has 2 aromatic rings. The first-order chi connectivity index (χ1) is 13.1. The van der Waals surface area contributed by atoms with E-state index in [1.165, 1.54) is 48.2 Å². The Kier molecular flexibility index (Phi) is 2.94. The molecule has 0 aliphatic heterocycles. The number of hydrogen-bond donors (Lipinski definition) is 0. The van der Waals surface area contributed by atoms with Gasteiger partial charge in [0.1, 0.15) is 0 Å². The van der Waals surface area contributed by atoms with Crippen molar-refractivity contribution in [3.63, 3.8) is 0 Å². The predicted octanol–water partition coefficient (Wildman–Crippen LogP) is 5.13. The normalized spacial score (nSPS) is 38.2. The lowest BCUT2D eigenvalue weighted by Gasteiger charge is -2.34. The van der Waals surface area contributed by atoms with E-state index in [0.29, 0.717) is 28.1 Å². The number of aryl methyl sites for hydroxylation is 2. The summed E-state index contributed by atoms with van der Waals surface area (Å²) in [5.41, 5.74) is 7.21. The van der Waals surface area contributed by atoms with Gasteiger partial charge in [0.15, 0.2) is 0 Å². The molecule has 150 valence electrons. The summed E-state index contributed by atoms with van der Waals surface area (Å²) in [4.78, 5) is 0. The van der Waals surface area contributed by atoms with Crippen LogP contribution in [0.2, 0.25) is 0 Å². The minimum Gasteiger partial charge on any atom is -0.270 e. The molecule has 4 aliphatic rings. The molecular weight excluding hydrogens is 344 g/mol. The van der Waals surface area contributed by atoms with Gasteiger partial charge in [0.05, 0.1) is 25.0 Å². The zero-order chi connectivity index (χ0) is 19.7. The van der Waals surface area contributed by atoms with Gasteiger partial charge < -0.3 is 0 Å². The summed E-state index contributed by atoms with van der Waals surface area (Å²) < 4.78 is 4.52. The van der Waals surface area contributed by atoms with Gasteiger partial charge in [-0.3, -0.25) is 9.36 Å². The van der Waals surface area contributed by atoms with E-state index in [-0.39, 0.29) is 5.41 Å². The lowest BCUT2D eigenvalue weighted by atomic mass is 9.69. The monoisotopic (exact) mass is 378 g/mol. The summed E-state index contributed by atoms with van der Waals surface area (Å²) >= 11 is 0. The third-order valence-corrected chi connectivity index (χ3v) is 10.5. The first-order valence-electron chi connectivity index (χ1n) is 11.3. The molecule has 0 spiro atoms. The van der Waals surface area contributed by atoms with Crippen LogP contribution < -0.4 is 0 Å². The average Bonchev–Trinajstić information content (AvgIpc) is 3.38. The van der Waals surface area contributed by atoms with Gasteiger partial charge in [0, 0.05) is 34.2 Å². The molecule has 4 aliphatic carbocycles. The van der Waals surface area contributed by atoms with Gasteiger partial charge in [-0.2, -0.15) is 10.2 Å². The predicted molar refractivity (Wildman–Crippen MR) is 111 cm³/mol. The second kappa shape index (κ2) is 4.76. The van der Waals surface area contributed by atoms with Gasteiger partial charge in [0.2, 0.25) is 0 Å². The van der Waals surface area contributed by atoms with Gasteiger partial charge in [-0.1, -0.05) is 41.5 Å². The Morgan fingerprint density at radius 3 is 2.36 bits per heavy atom. The summed E-state index contributed by atoms with van der Waals surface area (Å²) in [6.07, 6.45) is 9.76. The van der Waals surface area contributed by atoms with Crippen molar-refractivity contribution in [3.05, 3.63) is 34.9 Å². The lowest BCUT2D eigenvalue weighted by molar-refractivity contribution is 0.222. The van der Waals surface area contributed by atoms with Crippen LogP contribution in [0.3, 0.4) is 0 Å². The second-order valence-corrected chi connectivity index (χ2v) is 11.7. The SMILES string of the molecule is CC1(C)[C@@H]2CC[C@@]1(C)c1cnn(CCn3cc4c(n3)[C@@]3(C)CC[C@@H]4C3(C)C)c12. The molecule has 2 saturated carbocycles. The van der Waals surface area contributed by atoms with Crippen LogP contribution in [-0.4, -0.2) is 19.6 Å². The van der Waals surface area contributed by atoms with Gasteiger partial charge in [0.25, 0.3) is 0 Å². The highest BCUT2D eigenvalue weighted by Crippen LogP contribution is 2.68. The fraction of sp³-hybridized carbons (Fsp3) is 0.750. The molecule has 0 unspecified atom stereocenters. The van der Waals surface area contributed by atoms with Crippen LogP contribution in [0, 0.1) is 10.8 Å². The van der Waals surface area contributed by atoms with Crippen molar-refractivity contribution in [1.29, 1.82) is 0 Å². The van der Waals surface area contributed by atoms with E-state index in [4.69, 9.17) is 10.2 Å². The van der Waals surface area contributed by atoms with Crippen molar-refractivity contribution in [1.82, 2.24) is 19.6 Å². The zero-order valence-electron chi connectivity index (χ0n) is 18.3. The number of fused-ring (bicyclic) bond motifs is 10. The maximum atomic E-state index is 5.10. The molecule has 4 nitrogen and oxygen atoms in total. The molecular formula is C24H34N4. The van der Waals surface area contributed by atoms with Gasteiger partial charge in [-0.25, -0.2) is 0 Å². The van der Waals surface area contributed by atoms with Crippen LogP contribution in [0.25, 0.3) is 0 Å². The molecule has 2 fully saturated rings.